The fourth-order valence-electron chi connectivity index (χ4n) is 8.00. The molecule has 0 radical (unpaired) electrons. The van der Waals surface area contributed by atoms with Crippen molar-refractivity contribution in [2.75, 3.05) is 34.0 Å². The number of methoxy groups -OCH3 is 2. The Morgan fingerprint density at radius 2 is 1.44 bits per heavy atom. The highest BCUT2D eigenvalue weighted by molar-refractivity contribution is 7.44. The van der Waals surface area contributed by atoms with Crippen molar-refractivity contribution in [2.45, 2.75) is 109 Å². The Kier molecular flexibility index (Phi) is 15.7. The maximum absolute atomic E-state index is 11.9. The van der Waals surface area contributed by atoms with Gasteiger partial charge in [0.05, 0.1) is 31.3 Å². The van der Waals surface area contributed by atoms with Crippen LogP contribution in [-0.4, -0.2) is 86.9 Å². The number of fused-ring (bicyclic) bond motifs is 1. The smallest absolute Gasteiger partial charge is 0.270 e. The first-order valence-corrected chi connectivity index (χ1v) is 25.8. The van der Waals surface area contributed by atoms with Crippen LogP contribution in [-0.2, 0) is 28.5 Å². The Bertz CT molecular complexity index is 2290. The normalized spacial score (nSPS) is 18.8. The molecule has 2 unspecified atom stereocenters. The van der Waals surface area contributed by atoms with E-state index in [0.717, 1.165) is 22.2 Å². The second-order valence-corrected chi connectivity index (χ2v) is 24.2. The van der Waals surface area contributed by atoms with Gasteiger partial charge >= 0.3 is 0 Å². The van der Waals surface area contributed by atoms with E-state index in [4.69, 9.17) is 39.0 Å². The number of nitro benzene ring substituents is 1. The molecule has 5 aromatic rings. The molecule has 15 heteroatoms. The second kappa shape index (κ2) is 20.7. The Morgan fingerprint density at radius 1 is 0.859 bits per heavy atom. The van der Waals surface area contributed by atoms with Crippen LogP contribution < -0.4 is 9.47 Å². The molecule has 6 rings (SSSR count). The Labute approximate surface area is 380 Å². The lowest BCUT2D eigenvalue weighted by atomic mass is 9.80. The van der Waals surface area contributed by atoms with E-state index in [9.17, 15) is 10.1 Å². The zero-order valence-corrected chi connectivity index (χ0v) is 40.8. The molecule has 0 bridgehead atoms. The van der Waals surface area contributed by atoms with Crippen molar-refractivity contribution in [3.63, 3.8) is 0 Å². The van der Waals surface area contributed by atoms with Gasteiger partial charge in [-0.25, -0.2) is 11.2 Å². The summed E-state index contributed by atoms with van der Waals surface area (Å²) < 4.78 is 51.7. The number of ether oxygens (including phenoxy) is 4. The molecule has 1 saturated heterocycles. The van der Waals surface area contributed by atoms with Crippen LogP contribution in [0.15, 0.2) is 109 Å². The van der Waals surface area contributed by atoms with Crippen LogP contribution in [0.5, 0.6) is 11.5 Å². The fraction of sp³-hybridized carbons (Fsp3) is 0.449. The molecular weight excluding hydrogens is 848 g/mol. The van der Waals surface area contributed by atoms with E-state index in [1.54, 1.807) is 26.4 Å². The van der Waals surface area contributed by atoms with Crippen molar-refractivity contribution in [1.29, 1.82) is 0 Å². The molecule has 1 aromatic heterocycles. The van der Waals surface area contributed by atoms with Gasteiger partial charge in [0.15, 0.2) is 14.5 Å². The molecule has 5 atom stereocenters. The van der Waals surface area contributed by atoms with E-state index < -0.39 is 47.0 Å². The number of hydrogen-bond acceptors (Lipinski definition) is 10. The molecular formula is C49H63N4O9PSi. The third kappa shape index (κ3) is 10.4. The number of hydrogen-bond donors (Lipinski definition) is 0. The predicted molar refractivity (Wildman–Crippen MR) is 254 cm³/mol. The first kappa shape index (κ1) is 48.8. The maximum atomic E-state index is 11.9. The van der Waals surface area contributed by atoms with E-state index in [1.165, 1.54) is 6.07 Å². The molecule has 4 aromatic carbocycles. The summed E-state index contributed by atoms with van der Waals surface area (Å²) >= 11 is 0. The summed E-state index contributed by atoms with van der Waals surface area (Å²) in [5.41, 5.74) is 2.19. The summed E-state index contributed by atoms with van der Waals surface area (Å²) in [5, 5.41) is 12.4. The molecule has 13 nitrogen and oxygen atoms in total. The lowest BCUT2D eigenvalue weighted by Crippen LogP contribution is -2.50. The van der Waals surface area contributed by atoms with E-state index in [2.05, 4.69) is 83.2 Å². The van der Waals surface area contributed by atoms with Gasteiger partial charge in [0.2, 0.25) is 6.54 Å². The van der Waals surface area contributed by atoms with Gasteiger partial charge in [0.25, 0.3) is 14.2 Å². The van der Waals surface area contributed by atoms with Crippen LogP contribution in [0.4, 0.5) is 5.69 Å². The third-order valence-corrected chi connectivity index (χ3v) is 18.8. The van der Waals surface area contributed by atoms with Gasteiger partial charge in [0.1, 0.15) is 42.0 Å². The minimum atomic E-state index is -2.59. The van der Waals surface area contributed by atoms with Gasteiger partial charge in [-0.15, -0.1) is 0 Å². The molecule has 2 heterocycles. The summed E-state index contributed by atoms with van der Waals surface area (Å²) in [6.07, 6.45) is -1.04. The van der Waals surface area contributed by atoms with Crippen LogP contribution in [0.25, 0.3) is 15.7 Å². The summed E-state index contributed by atoms with van der Waals surface area (Å²) in [5.74, 6) is 1.41. The monoisotopic (exact) mass is 910 g/mol. The van der Waals surface area contributed by atoms with Crippen molar-refractivity contribution in [3.05, 3.63) is 148 Å². The molecule has 342 valence electrons. The molecule has 0 saturated carbocycles. The van der Waals surface area contributed by atoms with Crippen LogP contribution in [0.3, 0.4) is 0 Å². The van der Waals surface area contributed by atoms with Crippen molar-refractivity contribution in [3.8, 4) is 11.5 Å². The van der Waals surface area contributed by atoms with Gasteiger partial charge in [0, 0.05) is 35.8 Å². The zero-order valence-electron chi connectivity index (χ0n) is 38.9. The molecule has 1 aliphatic heterocycles. The zero-order chi connectivity index (χ0) is 46.4. The molecule has 0 aliphatic carbocycles. The average molecular weight is 911 g/mol. The van der Waals surface area contributed by atoms with Crippen molar-refractivity contribution in [2.24, 2.45) is 0 Å². The highest BCUT2D eigenvalue weighted by Gasteiger charge is 2.54. The topological polar surface area (TPSA) is 120 Å². The second-order valence-electron chi connectivity index (χ2n) is 18.0. The number of non-ortho nitro benzene ring substituents is 1. The first-order chi connectivity index (χ1) is 30.4. The summed E-state index contributed by atoms with van der Waals surface area (Å²) in [7, 11) is -1.08. The molecule has 0 N–H and O–H groups in total. The van der Waals surface area contributed by atoms with Crippen LogP contribution >= 0.6 is 8.53 Å². The Balaban J connectivity index is 1.56. The quantitative estimate of drug-likeness (QED) is 0.0142. The molecule has 64 heavy (non-hydrogen) atoms. The standard InChI is InChI=1S/C49H63N4O9PSi/c1-34(2)52(35(3)4)63(59-31-29-50-8)61-45-44(60-47(46(45)62-64(11,12)48(5,6)7)51-30-28-36-32-40(53(54)55)22-27-43(36)51)33-58-49(37-16-14-13-15-17-37,38-18-23-41(56-9)24-19-38)39-20-25-42(57-10)26-21-39/h13-28,30,32,34-35,44-47H,29,31,33H2,1-7,9-12H3/t44-,45?,46+,47-,63?/m1/s1. The molecule has 1 aliphatic rings. The highest BCUT2D eigenvalue weighted by Crippen LogP contribution is 2.53. The summed E-state index contributed by atoms with van der Waals surface area (Å²) in [4.78, 5) is 15.1. The van der Waals surface area contributed by atoms with Gasteiger partial charge in [-0.05, 0) is 98.9 Å². The number of nitrogens with zero attached hydrogens (tertiary/aromatic N) is 4. The summed E-state index contributed by atoms with van der Waals surface area (Å²) in [6.45, 7) is 27.4. The average Bonchev–Trinajstić information content (AvgIpc) is 3.83. The summed E-state index contributed by atoms with van der Waals surface area (Å²) in [6, 6.07) is 32.7. The minimum Gasteiger partial charge on any atom is -0.497 e. The van der Waals surface area contributed by atoms with E-state index in [0.29, 0.717) is 16.9 Å². The predicted octanol–water partition coefficient (Wildman–Crippen LogP) is 11.5. The van der Waals surface area contributed by atoms with Gasteiger partial charge in [-0.2, -0.15) is 0 Å². The Hall–Kier alpha value is -4.68. The fourth-order valence-corrected chi connectivity index (χ4v) is 11.0. The van der Waals surface area contributed by atoms with Gasteiger partial charge in [-0.3, -0.25) is 10.1 Å². The van der Waals surface area contributed by atoms with Crippen molar-refractivity contribution < 1.29 is 37.3 Å². The molecule has 1 fully saturated rings. The van der Waals surface area contributed by atoms with E-state index >= 15 is 0 Å². The van der Waals surface area contributed by atoms with Crippen molar-refractivity contribution in [1.82, 2.24) is 9.24 Å². The number of rotatable bonds is 20. The maximum Gasteiger partial charge on any atom is 0.270 e. The minimum absolute atomic E-state index is 0.00173. The Morgan fingerprint density at radius 3 is 1.95 bits per heavy atom. The first-order valence-electron chi connectivity index (χ1n) is 21.7. The van der Waals surface area contributed by atoms with Crippen molar-refractivity contribution >= 4 is 33.4 Å². The van der Waals surface area contributed by atoms with E-state index in [1.807, 2.05) is 83.6 Å². The number of aromatic nitrogens is 1. The highest BCUT2D eigenvalue weighted by atomic mass is 31.2. The lowest BCUT2D eigenvalue weighted by molar-refractivity contribution is -0.384. The number of benzene rings is 4. The van der Waals surface area contributed by atoms with Gasteiger partial charge < -0.3 is 41.8 Å². The van der Waals surface area contributed by atoms with Crippen LogP contribution in [0.1, 0.15) is 71.4 Å². The number of nitro groups is 1. The van der Waals surface area contributed by atoms with Crippen LogP contribution in [0.2, 0.25) is 18.1 Å². The van der Waals surface area contributed by atoms with E-state index in [-0.39, 0.29) is 47.5 Å². The SMILES string of the molecule is [C-]#[N+]CCOP(OC1[C@@H](COC(c2ccccc2)(c2ccc(OC)cc2)c2ccc(OC)cc2)O[C@@H](n2ccc3cc([N+](=O)[O-])ccc32)[C@H]1O[Si](C)(C)C(C)(C)C)N(C(C)C)C(C)C. The van der Waals surface area contributed by atoms with Gasteiger partial charge in [-0.1, -0.05) is 75.4 Å². The molecule has 0 spiro atoms. The van der Waals surface area contributed by atoms with Crippen LogP contribution in [0, 0.1) is 16.7 Å². The molecule has 0 amide bonds. The third-order valence-electron chi connectivity index (χ3n) is 12.2. The largest absolute Gasteiger partial charge is 0.497 e. The lowest BCUT2D eigenvalue weighted by Gasteiger charge is -2.42.